The monoisotopic (exact) mass is 394 g/mol. The third kappa shape index (κ3) is 4.83. The average molecular weight is 394 g/mol. The van der Waals surface area contributed by atoms with Crippen LogP contribution < -0.4 is 4.90 Å². The molecule has 1 saturated heterocycles. The van der Waals surface area contributed by atoms with Gasteiger partial charge in [0, 0.05) is 26.6 Å². The Bertz CT molecular complexity index is 938. The van der Waals surface area contributed by atoms with Gasteiger partial charge in [0.05, 0.1) is 11.3 Å². The van der Waals surface area contributed by atoms with Gasteiger partial charge >= 0.3 is 5.97 Å². The summed E-state index contributed by atoms with van der Waals surface area (Å²) in [7, 11) is 1.69. The van der Waals surface area contributed by atoms with E-state index in [-0.39, 0.29) is 18.4 Å². The van der Waals surface area contributed by atoms with Crippen LogP contribution in [0.5, 0.6) is 0 Å². The number of nitrogens with zero attached hydrogens (tertiary/aromatic N) is 2. The van der Waals surface area contributed by atoms with Crippen molar-refractivity contribution in [2.24, 2.45) is 0 Å². The number of anilines is 1. The van der Waals surface area contributed by atoms with Gasteiger partial charge in [-0.2, -0.15) is 0 Å². The number of para-hydroxylation sites is 1. The third-order valence-corrected chi connectivity index (χ3v) is 5.15. The number of rotatable bonds is 6. The number of aryl methyl sites for hydroxylation is 2. The molecule has 1 heterocycles. The molecule has 0 N–H and O–H groups in total. The Morgan fingerprint density at radius 2 is 1.90 bits per heavy atom. The number of esters is 1. The highest BCUT2D eigenvalue weighted by Crippen LogP contribution is 2.26. The summed E-state index contributed by atoms with van der Waals surface area (Å²) in [5.74, 6) is -0.892. The van der Waals surface area contributed by atoms with Crippen LogP contribution in [0.1, 0.15) is 39.9 Å². The molecule has 1 fully saturated rings. The van der Waals surface area contributed by atoms with Crippen LogP contribution in [-0.4, -0.2) is 42.9 Å². The minimum absolute atomic E-state index is 0.00507. The van der Waals surface area contributed by atoms with E-state index in [1.165, 1.54) is 5.56 Å². The number of benzene rings is 2. The highest BCUT2D eigenvalue weighted by atomic mass is 16.5. The Hall–Kier alpha value is -3.15. The van der Waals surface area contributed by atoms with Gasteiger partial charge in [-0.1, -0.05) is 35.9 Å². The van der Waals surface area contributed by atoms with E-state index in [0.717, 1.165) is 17.5 Å². The Labute approximate surface area is 171 Å². The van der Waals surface area contributed by atoms with Crippen molar-refractivity contribution in [2.45, 2.75) is 33.2 Å². The second kappa shape index (κ2) is 8.90. The van der Waals surface area contributed by atoms with E-state index < -0.39 is 5.97 Å². The van der Waals surface area contributed by atoms with E-state index in [1.807, 2.05) is 26.0 Å². The zero-order chi connectivity index (χ0) is 21.0. The molecule has 6 nitrogen and oxygen atoms in total. The number of amides is 2. The summed E-state index contributed by atoms with van der Waals surface area (Å²) in [6, 6.07) is 12.9. The zero-order valence-corrected chi connectivity index (χ0v) is 17.1. The first-order valence-corrected chi connectivity index (χ1v) is 9.73. The Balaban J connectivity index is 1.62. The van der Waals surface area contributed by atoms with Gasteiger partial charge in [0.2, 0.25) is 5.91 Å². The van der Waals surface area contributed by atoms with Crippen molar-refractivity contribution in [1.82, 2.24) is 4.90 Å². The standard InChI is InChI=1S/C23H26N2O4/c1-16-10-11-18(17(2)13-16)14-24(3)22(27)15-29-23(28)19-7-4-5-8-20(19)25-12-6-9-21(25)26/h4-5,7-8,10-11,13H,6,9,12,14-15H2,1-3H3. The molecule has 0 saturated carbocycles. The molecule has 0 aromatic heterocycles. The molecule has 0 radical (unpaired) electrons. The van der Waals surface area contributed by atoms with Crippen molar-refractivity contribution in [3.63, 3.8) is 0 Å². The van der Waals surface area contributed by atoms with Gasteiger partial charge in [0.1, 0.15) is 0 Å². The molecule has 1 aliphatic heterocycles. The molecule has 2 aromatic carbocycles. The first kappa shape index (κ1) is 20.6. The summed E-state index contributed by atoms with van der Waals surface area (Å²) in [6.45, 7) is 4.72. The second-order valence-corrected chi connectivity index (χ2v) is 7.42. The highest BCUT2D eigenvalue weighted by molar-refractivity contribution is 6.03. The maximum absolute atomic E-state index is 12.6. The largest absolute Gasteiger partial charge is 0.452 e. The molecule has 2 aromatic rings. The molecule has 0 spiro atoms. The zero-order valence-electron chi connectivity index (χ0n) is 17.1. The van der Waals surface area contributed by atoms with Crippen LogP contribution in [0.4, 0.5) is 5.69 Å². The third-order valence-electron chi connectivity index (χ3n) is 5.15. The fourth-order valence-corrected chi connectivity index (χ4v) is 3.47. The molecule has 3 rings (SSSR count). The maximum atomic E-state index is 12.6. The smallest absolute Gasteiger partial charge is 0.340 e. The lowest BCUT2D eigenvalue weighted by Gasteiger charge is -2.20. The molecule has 0 bridgehead atoms. The number of likely N-dealkylation sites (N-methyl/N-ethyl adjacent to an activating group) is 1. The predicted molar refractivity (Wildman–Crippen MR) is 111 cm³/mol. The van der Waals surface area contributed by atoms with E-state index in [1.54, 1.807) is 41.1 Å². The molecule has 0 aliphatic carbocycles. The van der Waals surface area contributed by atoms with E-state index in [0.29, 0.717) is 30.8 Å². The van der Waals surface area contributed by atoms with Crippen LogP contribution in [0.3, 0.4) is 0 Å². The lowest BCUT2D eigenvalue weighted by molar-refractivity contribution is -0.133. The number of hydrogen-bond donors (Lipinski definition) is 0. The molecule has 0 unspecified atom stereocenters. The first-order valence-electron chi connectivity index (χ1n) is 9.73. The summed E-state index contributed by atoms with van der Waals surface area (Å²) in [5.41, 5.74) is 4.18. The van der Waals surface area contributed by atoms with Gasteiger partial charge in [-0.05, 0) is 43.5 Å². The Morgan fingerprint density at radius 1 is 1.14 bits per heavy atom. The van der Waals surface area contributed by atoms with Gasteiger partial charge in [0.25, 0.3) is 5.91 Å². The van der Waals surface area contributed by atoms with E-state index in [9.17, 15) is 14.4 Å². The van der Waals surface area contributed by atoms with Crippen LogP contribution >= 0.6 is 0 Å². The fourth-order valence-electron chi connectivity index (χ4n) is 3.47. The number of hydrogen-bond acceptors (Lipinski definition) is 4. The van der Waals surface area contributed by atoms with Gasteiger partial charge in [0.15, 0.2) is 6.61 Å². The number of carbonyl (C=O) groups excluding carboxylic acids is 3. The molecule has 2 amide bonds. The number of ether oxygens (including phenoxy) is 1. The molecule has 152 valence electrons. The van der Waals surface area contributed by atoms with E-state index >= 15 is 0 Å². The molecule has 6 heteroatoms. The number of carbonyl (C=O) groups is 3. The van der Waals surface area contributed by atoms with Crippen molar-refractivity contribution in [3.8, 4) is 0 Å². The van der Waals surface area contributed by atoms with Gasteiger partial charge in [-0.25, -0.2) is 4.79 Å². The lowest BCUT2D eigenvalue weighted by Crippen LogP contribution is -2.31. The van der Waals surface area contributed by atoms with Crippen molar-refractivity contribution >= 4 is 23.5 Å². The topological polar surface area (TPSA) is 66.9 Å². The van der Waals surface area contributed by atoms with E-state index in [2.05, 4.69) is 6.07 Å². The summed E-state index contributed by atoms with van der Waals surface area (Å²) in [4.78, 5) is 40.2. The van der Waals surface area contributed by atoms with Crippen molar-refractivity contribution in [2.75, 3.05) is 25.1 Å². The normalized spacial score (nSPS) is 13.5. The Morgan fingerprint density at radius 3 is 2.59 bits per heavy atom. The van der Waals surface area contributed by atoms with Gasteiger partial charge < -0.3 is 14.5 Å². The minimum Gasteiger partial charge on any atom is -0.452 e. The predicted octanol–water partition coefficient (Wildman–Crippen LogP) is 3.25. The minimum atomic E-state index is -0.603. The van der Waals surface area contributed by atoms with Crippen LogP contribution in [0.25, 0.3) is 0 Å². The Kier molecular flexibility index (Phi) is 6.32. The average Bonchev–Trinajstić information content (AvgIpc) is 3.13. The highest BCUT2D eigenvalue weighted by Gasteiger charge is 2.26. The summed E-state index contributed by atoms with van der Waals surface area (Å²) >= 11 is 0. The van der Waals surface area contributed by atoms with E-state index in [4.69, 9.17) is 4.74 Å². The molecular formula is C23H26N2O4. The first-order chi connectivity index (χ1) is 13.9. The summed E-state index contributed by atoms with van der Waals surface area (Å²) in [5, 5.41) is 0. The summed E-state index contributed by atoms with van der Waals surface area (Å²) in [6.07, 6.45) is 1.25. The van der Waals surface area contributed by atoms with Gasteiger partial charge in [-0.3, -0.25) is 9.59 Å². The van der Waals surface area contributed by atoms with Crippen molar-refractivity contribution in [3.05, 3.63) is 64.7 Å². The molecule has 29 heavy (non-hydrogen) atoms. The van der Waals surface area contributed by atoms with Crippen molar-refractivity contribution < 1.29 is 19.1 Å². The van der Waals surface area contributed by atoms with Crippen LogP contribution in [-0.2, 0) is 20.9 Å². The fraction of sp³-hybridized carbons (Fsp3) is 0.348. The maximum Gasteiger partial charge on any atom is 0.340 e. The molecule has 0 atom stereocenters. The summed E-state index contributed by atoms with van der Waals surface area (Å²) < 4.78 is 5.27. The quantitative estimate of drug-likeness (QED) is 0.706. The van der Waals surface area contributed by atoms with Crippen LogP contribution in [0, 0.1) is 13.8 Å². The van der Waals surface area contributed by atoms with Crippen LogP contribution in [0.2, 0.25) is 0 Å². The van der Waals surface area contributed by atoms with Crippen molar-refractivity contribution in [1.29, 1.82) is 0 Å². The molecule has 1 aliphatic rings. The second-order valence-electron chi connectivity index (χ2n) is 7.42. The SMILES string of the molecule is Cc1ccc(CN(C)C(=O)COC(=O)c2ccccc2N2CCCC2=O)c(C)c1. The van der Waals surface area contributed by atoms with Gasteiger partial charge in [-0.15, -0.1) is 0 Å². The lowest BCUT2D eigenvalue weighted by atomic mass is 10.1. The molecular weight excluding hydrogens is 368 g/mol. The van der Waals surface area contributed by atoms with Crippen LogP contribution in [0.15, 0.2) is 42.5 Å².